The van der Waals surface area contributed by atoms with Crippen molar-refractivity contribution < 1.29 is 22.7 Å². The molecule has 1 rings (SSSR count). The summed E-state index contributed by atoms with van der Waals surface area (Å²) in [7, 11) is 0. The highest BCUT2D eigenvalue weighted by molar-refractivity contribution is 5.76. The number of aryl methyl sites for hydroxylation is 1. The van der Waals surface area contributed by atoms with Crippen LogP contribution in [0, 0.1) is 12.7 Å². The highest BCUT2D eigenvalue weighted by atomic mass is 19.3. The number of aldehydes is 1. The number of rotatable bonds is 3. The lowest BCUT2D eigenvalue weighted by Gasteiger charge is -2.07. The lowest BCUT2D eigenvalue weighted by atomic mass is 10.1. The lowest BCUT2D eigenvalue weighted by molar-refractivity contribution is -0.0499. The van der Waals surface area contributed by atoms with Crippen molar-refractivity contribution in [2.24, 2.45) is 0 Å². The van der Waals surface area contributed by atoms with Gasteiger partial charge in [-0.15, -0.1) is 0 Å². The molecule has 0 aromatic heterocycles. The predicted octanol–water partition coefficient (Wildman–Crippen LogP) is 2.55. The molecule has 0 radical (unpaired) electrons. The zero-order valence-electron chi connectivity index (χ0n) is 7.26. The smallest absolute Gasteiger partial charge is 0.387 e. The van der Waals surface area contributed by atoms with Crippen molar-refractivity contribution in [1.29, 1.82) is 0 Å². The summed E-state index contributed by atoms with van der Waals surface area (Å²) in [6.45, 7) is -1.62. The van der Waals surface area contributed by atoms with Crippen LogP contribution in [-0.2, 0) is 0 Å². The molecule has 0 amide bonds. The van der Waals surface area contributed by atoms with Gasteiger partial charge in [-0.1, -0.05) is 0 Å². The molecule has 14 heavy (non-hydrogen) atoms. The molecule has 0 fully saturated rings. The van der Waals surface area contributed by atoms with Crippen LogP contribution >= 0.6 is 0 Å². The molecule has 0 saturated heterocycles. The summed E-state index contributed by atoms with van der Waals surface area (Å²) in [6, 6.07) is 2.04. The van der Waals surface area contributed by atoms with E-state index in [4.69, 9.17) is 0 Å². The van der Waals surface area contributed by atoms with Gasteiger partial charge in [0, 0.05) is 0 Å². The third-order valence-electron chi connectivity index (χ3n) is 1.61. The average molecular weight is 204 g/mol. The van der Waals surface area contributed by atoms with Crippen LogP contribution in [0.3, 0.4) is 0 Å². The van der Waals surface area contributed by atoms with E-state index in [0.717, 1.165) is 12.1 Å². The van der Waals surface area contributed by atoms with Crippen LogP contribution < -0.4 is 4.74 Å². The van der Waals surface area contributed by atoms with Gasteiger partial charge in [-0.2, -0.15) is 8.78 Å². The molecule has 0 heterocycles. The molecule has 1 aromatic rings. The van der Waals surface area contributed by atoms with Gasteiger partial charge in [-0.25, -0.2) is 4.39 Å². The van der Waals surface area contributed by atoms with E-state index in [2.05, 4.69) is 4.74 Å². The first-order valence-corrected chi connectivity index (χ1v) is 3.74. The summed E-state index contributed by atoms with van der Waals surface area (Å²) < 4.78 is 40.6. The Kier molecular flexibility index (Phi) is 3.11. The van der Waals surface area contributed by atoms with Gasteiger partial charge in [-0.3, -0.25) is 4.79 Å². The van der Waals surface area contributed by atoms with Crippen LogP contribution in [0.4, 0.5) is 13.2 Å². The van der Waals surface area contributed by atoms with Gasteiger partial charge >= 0.3 is 6.61 Å². The number of ether oxygens (including phenoxy) is 1. The number of hydrogen-bond acceptors (Lipinski definition) is 2. The van der Waals surface area contributed by atoms with E-state index in [1.165, 1.54) is 6.92 Å². The fourth-order valence-electron chi connectivity index (χ4n) is 1.02. The SMILES string of the molecule is Cc1cc(OC(F)F)cc(C=O)c1F. The molecule has 76 valence electrons. The molecule has 0 aliphatic carbocycles. The zero-order chi connectivity index (χ0) is 10.7. The molecule has 0 saturated carbocycles. The Morgan fingerprint density at radius 2 is 2.07 bits per heavy atom. The second kappa shape index (κ2) is 4.13. The zero-order valence-corrected chi connectivity index (χ0v) is 7.26. The van der Waals surface area contributed by atoms with Crippen LogP contribution in [-0.4, -0.2) is 12.9 Å². The fraction of sp³-hybridized carbons (Fsp3) is 0.222. The van der Waals surface area contributed by atoms with Crippen LogP contribution in [0.2, 0.25) is 0 Å². The Balaban J connectivity index is 3.09. The van der Waals surface area contributed by atoms with Crippen molar-refractivity contribution in [3.05, 3.63) is 29.1 Å². The molecular weight excluding hydrogens is 197 g/mol. The van der Waals surface area contributed by atoms with Gasteiger partial charge in [0.2, 0.25) is 0 Å². The Hall–Kier alpha value is -1.52. The summed E-state index contributed by atoms with van der Waals surface area (Å²) in [5, 5.41) is 0. The monoisotopic (exact) mass is 204 g/mol. The van der Waals surface area contributed by atoms with Crippen molar-refractivity contribution >= 4 is 6.29 Å². The minimum absolute atomic E-state index is 0.0882. The standard InChI is InChI=1S/C9H7F3O2/c1-5-2-7(14-9(11)12)3-6(4-13)8(5)10/h2-4,9H,1H3. The van der Waals surface area contributed by atoms with Crippen LogP contribution in [0.5, 0.6) is 5.75 Å². The first-order chi connectivity index (χ1) is 6.54. The molecule has 5 heteroatoms. The first-order valence-electron chi connectivity index (χ1n) is 3.74. The maximum atomic E-state index is 13.0. The molecule has 2 nitrogen and oxygen atoms in total. The van der Waals surface area contributed by atoms with E-state index in [9.17, 15) is 18.0 Å². The predicted molar refractivity (Wildman–Crippen MR) is 43.2 cm³/mol. The second-order valence-electron chi connectivity index (χ2n) is 2.64. The van der Waals surface area contributed by atoms with Crippen LogP contribution in [0.15, 0.2) is 12.1 Å². The summed E-state index contributed by atoms with van der Waals surface area (Å²) in [6.07, 6.45) is 0.251. The van der Waals surface area contributed by atoms with Crippen molar-refractivity contribution in [2.75, 3.05) is 0 Å². The molecule has 0 unspecified atom stereocenters. The molecule has 0 aliphatic rings. The van der Waals surface area contributed by atoms with Crippen LogP contribution in [0.1, 0.15) is 15.9 Å². The van der Waals surface area contributed by atoms with E-state index < -0.39 is 12.4 Å². The van der Waals surface area contributed by atoms with Gasteiger partial charge in [0.1, 0.15) is 11.6 Å². The molecule has 0 spiro atoms. The Labute approximate surface area is 78.3 Å². The second-order valence-corrected chi connectivity index (χ2v) is 2.64. The Bertz CT molecular complexity index is 350. The number of hydrogen-bond donors (Lipinski definition) is 0. The number of carbonyl (C=O) groups excluding carboxylic acids is 1. The Morgan fingerprint density at radius 1 is 1.43 bits per heavy atom. The van der Waals surface area contributed by atoms with Gasteiger partial charge in [0.05, 0.1) is 5.56 Å². The third kappa shape index (κ3) is 2.25. The molecule has 0 N–H and O–H groups in total. The van der Waals surface area contributed by atoms with E-state index in [1.54, 1.807) is 0 Å². The first kappa shape index (κ1) is 10.6. The third-order valence-corrected chi connectivity index (χ3v) is 1.61. The van der Waals surface area contributed by atoms with Crippen molar-refractivity contribution in [3.63, 3.8) is 0 Å². The van der Waals surface area contributed by atoms with Crippen molar-refractivity contribution in [2.45, 2.75) is 13.5 Å². The highest BCUT2D eigenvalue weighted by Crippen LogP contribution is 2.21. The van der Waals surface area contributed by atoms with Crippen molar-refractivity contribution in [1.82, 2.24) is 0 Å². The van der Waals surface area contributed by atoms with E-state index >= 15 is 0 Å². The van der Waals surface area contributed by atoms with E-state index in [0.29, 0.717) is 0 Å². The molecule has 0 atom stereocenters. The summed E-state index contributed by atoms with van der Waals surface area (Å²) in [5.74, 6) is -0.942. The normalized spacial score (nSPS) is 10.4. The fourth-order valence-corrected chi connectivity index (χ4v) is 1.02. The molecule has 0 bridgehead atoms. The van der Waals surface area contributed by atoms with Gasteiger partial charge in [0.25, 0.3) is 0 Å². The lowest BCUT2D eigenvalue weighted by Crippen LogP contribution is -2.03. The summed E-state index contributed by atoms with van der Waals surface area (Å²) in [4.78, 5) is 10.3. The largest absolute Gasteiger partial charge is 0.435 e. The molecule has 1 aromatic carbocycles. The van der Waals surface area contributed by atoms with Gasteiger partial charge in [0.15, 0.2) is 6.29 Å². The van der Waals surface area contributed by atoms with E-state index in [1.807, 2.05) is 0 Å². The number of alkyl halides is 2. The summed E-state index contributed by atoms with van der Waals surface area (Å²) in [5.41, 5.74) is -0.203. The van der Waals surface area contributed by atoms with Crippen molar-refractivity contribution in [3.8, 4) is 5.75 Å². The average Bonchev–Trinajstić information content (AvgIpc) is 2.10. The van der Waals surface area contributed by atoms with Crippen LogP contribution in [0.25, 0.3) is 0 Å². The maximum Gasteiger partial charge on any atom is 0.387 e. The van der Waals surface area contributed by atoms with Gasteiger partial charge < -0.3 is 4.74 Å². The number of halogens is 3. The maximum absolute atomic E-state index is 13.0. The number of carbonyl (C=O) groups is 1. The Morgan fingerprint density at radius 3 is 2.57 bits per heavy atom. The topological polar surface area (TPSA) is 26.3 Å². The van der Waals surface area contributed by atoms with E-state index in [-0.39, 0.29) is 23.2 Å². The molecular formula is C9H7F3O2. The van der Waals surface area contributed by atoms with Gasteiger partial charge in [-0.05, 0) is 24.6 Å². The molecule has 0 aliphatic heterocycles. The minimum atomic E-state index is -2.99. The minimum Gasteiger partial charge on any atom is -0.435 e. The highest BCUT2D eigenvalue weighted by Gasteiger charge is 2.10. The quantitative estimate of drug-likeness (QED) is 0.707. The number of benzene rings is 1. The summed E-state index contributed by atoms with van der Waals surface area (Å²) >= 11 is 0.